The van der Waals surface area contributed by atoms with E-state index in [1.54, 1.807) is 11.0 Å². The second kappa shape index (κ2) is 13.9. The van der Waals surface area contributed by atoms with Crippen molar-refractivity contribution in [2.24, 2.45) is 0 Å². The number of carbonyl (C=O) groups excluding carboxylic acids is 2. The lowest BCUT2D eigenvalue weighted by atomic mass is 9.94. The summed E-state index contributed by atoms with van der Waals surface area (Å²) in [5, 5.41) is 11.6. The van der Waals surface area contributed by atoms with Gasteiger partial charge in [-0.15, -0.1) is 0 Å². The molecular formula is C33H44N2O6. The molecule has 2 aromatic rings. The van der Waals surface area contributed by atoms with E-state index < -0.39 is 17.7 Å². The van der Waals surface area contributed by atoms with Crippen molar-refractivity contribution >= 4 is 17.4 Å². The van der Waals surface area contributed by atoms with Crippen LogP contribution in [0.1, 0.15) is 76.6 Å². The summed E-state index contributed by atoms with van der Waals surface area (Å²) >= 11 is 0. The van der Waals surface area contributed by atoms with Gasteiger partial charge < -0.3 is 29.1 Å². The number of hydrogen-bond donors (Lipinski definition) is 1. The lowest BCUT2D eigenvalue weighted by Crippen LogP contribution is -2.38. The van der Waals surface area contributed by atoms with Crippen LogP contribution in [0.5, 0.6) is 17.2 Å². The van der Waals surface area contributed by atoms with Crippen LogP contribution >= 0.6 is 0 Å². The van der Waals surface area contributed by atoms with Crippen LogP contribution in [0.4, 0.5) is 0 Å². The Hall–Kier alpha value is -3.52. The standard InChI is InChI=1S/C33H44N2O6/c1-6-10-11-18-40-27-15-12-23(21-28(27)39-9-4)30-29(32(37)33(38)35(30)17-16-34(7-2)8-3)31(36)24-13-14-26-25(20-24)19-22(5)41-26/h12-15,20-22,30,36H,6-11,16-19H2,1-5H3/t22-,30+/m1/s1. The summed E-state index contributed by atoms with van der Waals surface area (Å²) < 4.78 is 17.8. The molecule has 0 radical (unpaired) electrons. The zero-order chi connectivity index (χ0) is 29.5. The maximum absolute atomic E-state index is 13.6. The zero-order valence-electron chi connectivity index (χ0n) is 25.1. The lowest BCUT2D eigenvalue weighted by molar-refractivity contribution is -0.140. The molecule has 2 heterocycles. The fourth-order valence-corrected chi connectivity index (χ4v) is 5.59. The third-order valence-corrected chi connectivity index (χ3v) is 7.85. The van der Waals surface area contributed by atoms with Crippen LogP contribution in [0.25, 0.3) is 5.76 Å². The molecule has 4 rings (SSSR count). The number of hydrogen-bond acceptors (Lipinski definition) is 7. The number of likely N-dealkylation sites (N-methyl/N-ethyl adjacent to an activating group) is 1. The predicted octanol–water partition coefficient (Wildman–Crippen LogP) is 5.74. The zero-order valence-corrected chi connectivity index (χ0v) is 25.1. The highest BCUT2D eigenvalue weighted by Crippen LogP contribution is 2.43. The molecule has 0 saturated carbocycles. The molecule has 8 heteroatoms. The van der Waals surface area contributed by atoms with E-state index in [1.165, 1.54) is 0 Å². The van der Waals surface area contributed by atoms with E-state index in [2.05, 4.69) is 25.7 Å². The third-order valence-electron chi connectivity index (χ3n) is 7.85. The van der Waals surface area contributed by atoms with Gasteiger partial charge in [-0.2, -0.15) is 0 Å². The van der Waals surface area contributed by atoms with Crippen LogP contribution < -0.4 is 14.2 Å². The Kier molecular flexibility index (Phi) is 10.3. The lowest BCUT2D eigenvalue weighted by Gasteiger charge is -2.28. The van der Waals surface area contributed by atoms with Gasteiger partial charge >= 0.3 is 0 Å². The van der Waals surface area contributed by atoms with Gasteiger partial charge in [-0.05, 0) is 74.8 Å². The van der Waals surface area contributed by atoms with Crippen LogP contribution in [-0.4, -0.2) is 72.1 Å². The van der Waals surface area contributed by atoms with Crippen LogP contribution in [0.3, 0.4) is 0 Å². The first-order valence-corrected chi connectivity index (χ1v) is 15.0. The Morgan fingerprint density at radius 1 is 1.02 bits per heavy atom. The Morgan fingerprint density at radius 3 is 2.51 bits per heavy atom. The Morgan fingerprint density at radius 2 is 1.80 bits per heavy atom. The normalized spacial score (nSPS) is 19.5. The molecule has 41 heavy (non-hydrogen) atoms. The average molecular weight is 565 g/mol. The van der Waals surface area contributed by atoms with Crippen molar-refractivity contribution in [3.63, 3.8) is 0 Å². The van der Waals surface area contributed by atoms with Crippen molar-refractivity contribution < 1.29 is 28.9 Å². The van der Waals surface area contributed by atoms with Crippen molar-refractivity contribution in [3.8, 4) is 17.2 Å². The number of aliphatic hydroxyl groups excluding tert-OH is 1. The summed E-state index contributed by atoms with van der Waals surface area (Å²) in [4.78, 5) is 30.8. The molecular weight excluding hydrogens is 520 g/mol. The van der Waals surface area contributed by atoms with E-state index in [4.69, 9.17) is 14.2 Å². The highest BCUT2D eigenvalue weighted by atomic mass is 16.5. The fourth-order valence-electron chi connectivity index (χ4n) is 5.59. The smallest absolute Gasteiger partial charge is 0.295 e. The molecule has 1 saturated heterocycles. The minimum Gasteiger partial charge on any atom is -0.507 e. The minimum absolute atomic E-state index is 0.0488. The summed E-state index contributed by atoms with van der Waals surface area (Å²) in [7, 11) is 0. The van der Waals surface area contributed by atoms with E-state index in [0.29, 0.717) is 48.9 Å². The van der Waals surface area contributed by atoms with Crippen LogP contribution in [0, 0.1) is 0 Å². The molecule has 1 N–H and O–H groups in total. The number of fused-ring (bicyclic) bond motifs is 1. The second-order valence-corrected chi connectivity index (χ2v) is 10.7. The van der Waals surface area contributed by atoms with Gasteiger partial charge in [0.05, 0.1) is 24.8 Å². The maximum Gasteiger partial charge on any atom is 0.295 e. The quantitative estimate of drug-likeness (QED) is 0.135. The predicted molar refractivity (Wildman–Crippen MR) is 160 cm³/mol. The van der Waals surface area contributed by atoms with Crippen molar-refractivity contribution in [1.29, 1.82) is 0 Å². The van der Waals surface area contributed by atoms with Gasteiger partial charge in [0.1, 0.15) is 17.6 Å². The van der Waals surface area contributed by atoms with Gasteiger partial charge in [0.2, 0.25) is 0 Å². The summed E-state index contributed by atoms with van der Waals surface area (Å²) in [5.74, 6) is 0.480. The van der Waals surface area contributed by atoms with E-state index >= 15 is 0 Å². The van der Waals surface area contributed by atoms with E-state index in [9.17, 15) is 14.7 Å². The van der Waals surface area contributed by atoms with Crippen LogP contribution in [-0.2, 0) is 16.0 Å². The number of rotatable bonds is 14. The number of Topliss-reactive ketones (excluding diaryl/α,β-unsaturated/α-hetero) is 1. The monoisotopic (exact) mass is 564 g/mol. The molecule has 2 aromatic carbocycles. The van der Waals surface area contributed by atoms with Crippen molar-refractivity contribution in [2.45, 2.75) is 72.4 Å². The number of benzene rings is 2. The first kappa shape index (κ1) is 30.4. The first-order chi connectivity index (χ1) is 19.8. The number of nitrogens with zero attached hydrogens (tertiary/aromatic N) is 2. The van der Waals surface area contributed by atoms with Crippen molar-refractivity contribution in [3.05, 3.63) is 58.7 Å². The van der Waals surface area contributed by atoms with Gasteiger partial charge in [0.25, 0.3) is 11.7 Å². The summed E-state index contributed by atoms with van der Waals surface area (Å²) in [6.07, 6.45) is 3.89. The number of aliphatic hydroxyl groups is 1. The van der Waals surface area contributed by atoms with Gasteiger partial charge in [0.15, 0.2) is 11.5 Å². The second-order valence-electron chi connectivity index (χ2n) is 10.7. The molecule has 0 aromatic heterocycles. The largest absolute Gasteiger partial charge is 0.507 e. The molecule has 0 unspecified atom stereocenters. The summed E-state index contributed by atoms with van der Waals surface area (Å²) in [6, 6.07) is 10.2. The Bertz CT molecular complexity index is 1270. The Balaban J connectivity index is 1.77. The van der Waals surface area contributed by atoms with Gasteiger partial charge in [-0.25, -0.2) is 0 Å². The summed E-state index contributed by atoms with van der Waals surface area (Å²) in [5.41, 5.74) is 2.24. The fraction of sp³-hybridized carbons (Fsp3) is 0.515. The summed E-state index contributed by atoms with van der Waals surface area (Å²) in [6.45, 7) is 13.8. The molecule has 1 fully saturated rings. The third kappa shape index (κ3) is 6.70. The SMILES string of the molecule is CCCCCOc1ccc([C@H]2C(=C(O)c3ccc4c(c3)C[C@@H](C)O4)C(=O)C(=O)N2CCN(CC)CC)cc1OCC. The van der Waals surface area contributed by atoms with Crippen molar-refractivity contribution in [1.82, 2.24) is 9.80 Å². The van der Waals surface area contributed by atoms with Gasteiger partial charge in [-0.1, -0.05) is 39.7 Å². The average Bonchev–Trinajstić information content (AvgIpc) is 3.47. The molecule has 0 aliphatic carbocycles. The minimum atomic E-state index is -0.762. The van der Waals surface area contributed by atoms with Crippen LogP contribution in [0.15, 0.2) is 42.0 Å². The molecule has 8 nitrogen and oxygen atoms in total. The Labute approximate surface area is 243 Å². The topological polar surface area (TPSA) is 88.5 Å². The highest BCUT2D eigenvalue weighted by Gasteiger charge is 2.46. The molecule has 2 aliphatic rings. The molecule has 0 bridgehead atoms. The van der Waals surface area contributed by atoms with Gasteiger partial charge in [-0.3, -0.25) is 9.59 Å². The number of ketones is 1. The number of carbonyl (C=O) groups is 2. The number of unbranched alkanes of at least 4 members (excludes halogenated alkanes) is 2. The number of amides is 1. The molecule has 2 atom stereocenters. The number of ether oxygens (including phenoxy) is 3. The first-order valence-electron chi connectivity index (χ1n) is 15.0. The van der Waals surface area contributed by atoms with Crippen LogP contribution in [0.2, 0.25) is 0 Å². The maximum atomic E-state index is 13.6. The molecule has 0 spiro atoms. The van der Waals surface area contributed by atoms with E-state index in [0.717, 1.165) is 50.1 Å². The molecule has 1 amide bonds. The van der Waals surface area contributed by atoms with E-state index in [-0.39, 0.29) is 17.4 Å². The number of likely N-dealkylation sites (tertiary alicyclic amines) is 1. The van der Waals surface area contributed by atoms with Gasteiger partial charge in [0, 0.05) is 25.1 Å². The van der Waals surface area contributed by atoms with Crippen molar-refractivity contribution in [2.75, 3.05) is 39.4 Å². The molecule has 222 valence electrons. The molecule has 2 aliphatic heterocycles. The van der Waals surface area contributed by atoms with E-state index in [1.807, 2.05) is 44.2 Å². The highest BCUT2D eigenvalue weighted by molar-refractivity contribution is 6.46.